The number of hydrogen-bond donors (Lipinski definition) is 0. The van der Waals surface area contributed by atoms with Gasteiger partial charge in [-0.3, -0.25) is 9.59 Å². The summed E-state index contributed by atoms with van der Waals surface area (Å²) >= 11 is 6.20. The number of benzene rings is 2. The van der Waals surface area contributed by atoms with Gasteiger partial charge in [-0.2, -0.15) is 0 Å². The first-order valence-electron chi connectivity index (χ1n) is 9.49. The van der Waals surface area contributed by atoms with Gasteiger partial charge in [-0.05, 0) is 31.2 Å². The summed E-state index contributed by atoms with van der Waals surface area (Å²) in [4.78, 5) is 29.1. The maximum atomic E-state index is 14.6. The van der Waals surface area contributed by atoms with E-state index in [0.717, 1.165) is 0 Å². The molecule has 0 aliphatic carbocycles. The van der Waals surface area contributed by atoms with E-state index in [1.165, 1.54) is 28.0 Å². The number of rotatable bonds is 3. The molecule has 1 aliphatic rings. The minimum absolute atomic E-state index is 0.00468. The third kappa shape index (κ3) is 3.63. The summed E-state index contributed by atoms with van der Waals surface area (Å²) in [5, 5.41) is 4.01. The summed E-state index contributed by atoms with van der Waals surface area (Å²) in [6.07, 6.45) is -0.894. The molecule has 1 aromatic heterocycles. The standard InChI is InChI=1S/C22H19ClFN3O4/c1-12-18(20(25-31-12)19-13(23)7-6-8-14(19)24)22(29)27-11-17(21(28)26(2)3)30-16-10-5-4-9-15(16)27/h4-10,17H,11H2,1-3H3. The maximum Gasteiger partial charge on any atom is 0.265 e. The molecule has 2 heterocycles. The minimum Gasteiger partial charge on any atom is -0.476 e. The van der Waals surface area contributed by atoms with Crippen molar-refractivity contribution in [3.05, 3.63) is 64.6 Å². The Hall–Kier alpha value is -3.39. The Labute approximate surface area is 182 Å². The van der Waals surface area contributed by atoms with Gasteiger partial charge in [0.25, 0.3) is 11.8 Å². The number of amides is 2. The highest BCUT2D eigenvalue weighted by Gasteiger charge is 2.37. The number of para-hydroxylation sites is 2. The zero-order chi connectivity index (χ0) is 22.3. The van der Waals surface area contributed by atoms with Crippen LogP contribution in [-0.2, 0) is 4.79 Å². The summed E-state index contributed by atoms with van der Waals surface area (Å²) in [7, 11) is 3.22. The van der Waals surface area contributed by atoms with Gasteiger partial charge in [-0.25, -0.2) is 4.39 Å². The molecule has 160 valence electrons. The third-order valence-electron chi connectivity index (χ3n) is 5.01. The number of likely N-dealkylation sites (N-methyl/N-ethyl adjacent to an activating group) is 1. The third-order valence-corrected chi connectivity index (χ3v) is 5.33. The molecular formula is C22H19ClFN3O4. The molecule has 2 amide bonds. The molecule has 0 N–H and O–H groups in total. The molecule has 1 atom stereocenters. The van der Waals surface area contributed by atoms with E-state index in [2.05, 4.69) is 5.16 Å². The van der Waals surface area contributed by atoms with E-state index in [-0.39, 0.29) is 40.1 Å². The molecule has 2 aromatic carbocycles. The normalized spacial score (nSPS) is 15.3. The van der Waals surface area contributed by atoms with Crippen LogP contribution in [0.25, 0.3) is 11.3 Å². The number of aromatic nitrogens is 1. The molecule has 1 aliphatic heterocycles. The van der Waals surface area contributed by atoms with E-state index in [1.54, 1.807) is 45.3 Å². The molecule has 1 unspecified atom stereocenters. The van der Waals surface area contributed by atoms with E-state index >= 15 is 0 Å². The van der Waals surface area contributed by atoms with Gasteiger partial charge >= 0.3 is 0 Å². The van der Waals surface area contributed by atoms with Crippen molar-refractivity contribution in [2.75, 3.05) is 25.5 Å². The van der Waals surface area contributed by atoms with Crippen molar-refractivity contribution in [1.29, 1.82) is 0 Å². The van der Waals surface area contributed by atoms with E-state index < -0.39 is 17.8 Å². The predicted molar refractivity (Wildman–Crippen MR) is 113 cm³/mol. The molecule has 0 fully saturated rings. The largest absolute Gasteiger partial charge is 0.476 e. The van der Waals surface area contributed by atoms with Gasteiger partial charge in [0.15, 0.2) is 6.10 Å². The molecule has 0 saturated heterocycles. The summed E-state index contributed by atoms with van der Waals surface area (Å²) in [6.45, 7) is 1.54. The van der Waals surface area contributed by atoms with Gasteiger partial charge in [-0.15, -0.1) is 0 Å². The van der Waals surface area contributed by atoms with Gasteiger partial charge < -0.3 is 19.1 Å². The fraction of sp³-hybridized carbons (Fsp3) is 0.227. The Morgan fingerprint density at radius 2 is 1.94 bits per heavy atom. The van der Waals surface area contributed by atoms with Crippen LogP contribution in [0.15, 0.2) is 47.0 Å². The molecule has 31 heavy (non-hydrogen) atoms. The van der Waals surface area contributed by atoms with Crippen molar-refractivity contribution >= 4 is 29.1 Å². The van der Waals surface area contributed by atoms with Gasteiger partial charge in [0, 0.05) is 14.1 Å². The molecule has 0 spiro atoms. The van der Waals surface area contributed by atoms with Crippen LogP contribution in [0.2, 0.25) is 5.02 Å². The zero-order valence-electron chi connectivity index (χ0n) is 17.1. The minimum atomic E-state index is -0.894. The Bertz CT molecular complexity index is 1160. The molecule has 0 bridgehead atoms. The van der Waals surface area contributed by atoms with E-state index in [0.29, 0.717) is 11.4 Å². The number of ether oxygens (including phenoxy) is 1. The predicted octanol–water partition coefficient (Wildman–Crippen LogP) is 3.94. The lowest BCUT2D eigenvalue weighted by Gasteiger charge is -2.35. The molecule has 9 heteroatoms. The summed E-state index contributed by atoms with van der Waals surface area (Å²) in [5.74, 6) is -0.814. The topological polar surface area (TPSA) is 75.9 Å². The van der Waals surface area contributed by atoms with Gasteiger partial charge in [0.2, 0.25) is 0 Å². The second kappa shape index (κ2) is 8.03. The number of carbonyl (C=O) groups excluding carboxylic acids is 2. The van der Waals surface area contributed by atoms with Crippen molar-refractivity contribution in [1.82, 2.24) is 10.1 Å². The van der Waals surface area contributed by atoms with Crippen LogP contribution in [0.3, 0.4) is 0 Å². The van der Waals surface area contributed by atoms with Crippen LogP contribution in [-0.4, -0.2) is 48.6 Å². The highest BCUT2D eigenvalue weighted by molar-refractivity contribution is 6.33. The lowest BCUT2D eigenvalue weighted by atomic mass is 10.0. The zero-order valence-corrected chi connectivity index (χ0v) is 17.8. The Morgan fingerprint density at radius 1 is 1.19 bits per heavy atom. The lowest BCUT2D eigenvalue weighted by molar-refractivity contribution is -0.135. The molecule has 0 radical (unpaired) electrons. The summed E-state index contributed by atoms with van der Waals surface area (Å²) in [5.41, 5.74) is 0.540. The van der Waals surface area contributed by atoms with Gasteiger partial charge in [-0.1, -0.05) is 35.0 Å². The Balaban J connectivity index is 1.82. The maximum absolute atomic E-state index is 14.6. The molecule has 0 saturated carbocycles. The SMILES string of the molecule is Cc1onc(-c2c(F)cccc2Cl)c1C(=O)N1CC(C(=O)N(C)C)Oc2ccccc21. The van der Waals surface area contributed by atoms with Crippen LogP contribution in [0.4, 0.5) is 10.1 Å². The number of halogens is 2. The number of carbonyl (C=O) groups is 2. The molecule has 4 rings (SSSR count). The average Bonchev–Trinajstić information content (AvgIpc) is 3.12. The lowest BCUT2D eigenvalue weighted by Crippen LogP contribution is -2.50. The smallest absolute Gasteiger partial charge is 0.265 e. The van der Waals surface area contributed by atoms with Crippen molar-refractivity contribution < 1.29 is 23.2 Å². The number of nitrogens with zero attached hydrogens (tertiary/aromatic N) is 3. The Kier molecular flexibility index (Phi) is 5.41. The first kappa shape index (κ1) is 20.9. The first-order valence-corrected chi connectivity index (χ1v) is 9.86. The van der Waals surface area contributed by atoms with Gasteiger partial charge in [0.1, 0.15) is 28.6 Å². The summed E-state index contributed by atoms with van der Waals surface area (Å²) in [6, 6.07) is 11.1. The quantitative estimate of drug-likeness (QED) is 0.613. The highest BCUT2D eigenvalue weighted by atomic mass is 35.5. The van der Waals surface area contributed by atoms with Gasteiger partial charge in [0.05, 0.1) is 22.8 Å². The highest BCUT2D eigenvalue weighted by Crippen LogP contribution is 2.38. The Morgan fingerprint density at radius 3 is 2.65 bits per heavy atom. The number of hydrogen-bond acceptors (Lipinski definition) is 5. The van der Waals surface area contributed by atoms with Crippen molar-refractivity contribution in [2.45, 2.75) is 13.0 Å². The van der Waals surface area contributed by atoms with Crippen molar-refractivity contribution in [3.63, 3.8) is 0 Å². The number of fused-ring (bicyclic) bond motifs is 1. The van der Waals surface area contributed by atoms with Crippen LogP contribution in [0.5, 0.6) is 5.75 Å². The second-order valence-electron chi connectivity index (χ2n) is 7.28. The van der Waals surface area contributed by atoms with E-state index in [1.807, 2.05) is 0 Å². The van der Waals surface area contributed by atoms with Crippen LogP contribution in [0.1, 0.15) is 16.1 Å². The van der Waals surface area contributed by atoms with E-state index in [4.69, 9.17) is 20.9 Å². The fourth-order valence-corrected chi connectivity index (χ4v) is 3.75. The monoisotopic (exact) mass is 443 g/mol. The molecular weight excluding hydrogens is 425 g/mol. The number of anilines is 1. The first-order chi connectivity index (χ1) is 14.8. The molecule has 3 aromatic rings. The fourth-order valence-electron chi connectivity index (χ4n) is 3.50. The number of aryl methyl sites for hydroxylation is 1. The van der Waals surface area contributed by atoms with Crippen LogP contribution in [0, 0.1) is 12.7 Å². The van der Waals surface area contributed by atoms with Crippen LogP contribution < -0.4 is 9.64 Å². The average molecular weight is 444 g/mol. The summed E-state index contributed by atoms with van der Waals surface area (Å²) < 4.78 is 25.6. The van der Waals surface area contributed by atoms with E-state index in [9.17, 15) is 14.0 Å². The van der Waals surface area contributed by atoms with Crippen LogP contribution >= 0.6 is 11.6 Å². The molecule has 7 nitrogen and oxygen atoms in total. The second-order valence-corrected chi connectivity index (χ2v) is 7.69. The van der Waals surface area contributed by atoms with Crippen molar-refractivity contribution in [3.8, 4) is 17.0 Å². The van der Waals surface area contributed by atoms with Crippen molar-refractivity contribution in [2.24, 2.45) is 0 Å².